The first-order valence-corrected chi connectivity index (χ1v) is 11.5. The zero-order valence-electron chi connectivity index (χ0n) is 20.1. The van der Waals surface area contributed by atoms with Crippen molar-refractivity contribution >= 4 is 32.7 Å². The lowest BCUT2D eigenvalue weighted by molar-refractivity contribution is 0.0587. The highest BCUT2D eigenvalue weighted by Gasteiger charge is 2.26. The molecule has 2 aromatic carbocycles. The Labute approximate surface area is 206 Å². The number of methoxy groups -OCH3 is 5. The summed E-state index contributed by atoms with van der Waals surface area (Å²) in [5.74, 6) is 1.19. The molecule has 0 aliphatic rings. The molecule has 0 saturated carbocycles. The summed E-state index contributed by atoms with van der Waals surface area (Å²) in [7, 11) is 7.39. The molecule has 0 unspecified atom stereocenters. The van der Waals surface area contributed by atoms with Gasteiger partial charge in [0.2, 0.25) is 0 Å². The molecule has 0 aliphatic carbocycles. The van der Waals surface area contributed by atoms with Crippen LogP contribution in [0.15, 0.2) is 33.5 Å². The quantitative estimate of drug-likeness (QED) is 0.355. The minimum atomic E-state index is -0.620. The summed E-state index contributed by atoms with van der Waals surface area (Å²) >= 11 is 3.53. The van der Waals surface area contributed by atoms with Crippen LogP contribution in [0.2, 0.25) is 0 Å². The van der Waals surface area contributed by atoms with Crippen LogP contribution < -0.4 is 24.5 Å². The Bertz CT molecular complexity index is 1280. The molecule has 34 heavy (non-hydrogen) atoms. The van der Waals surface area contributed by atoms with E-state index in [0.717, 1.165) is 6.42 Å². The van der Waals surface area contributed by atoms with E-state index in [2.05, 4.69) is 15.9 Å². The first-order chi connectivity index (χ1) is 16.4. The molecule has 0 aliphatic heterocycles. The summed E-state index contributed by atoms with van der Waals surface area (Å²) < 4.78 is 29.2. The molecule has 0 saturated heterocycles. The van der Waals surface area contributed by atoms with Crippen molar-refractivity contribution in [3.63, 3.8) is 0 Å². The maximum atomic E-state index is 13.6. The average Bonchev–Trinajstić information content (AvgIpc) is 2.85. The Balaban J connectivity index is 2.59. The number of benzene rings is 2. The predicted octanol–water partition coefficient (Wildman–Crippen LogP) is 5.05. The van der Waals surface area contributed by atoms with Gasteiger partial charge in [-0.05, 0) is 52.2 Å². The van der Waals surface area contributed by atoms with Gasteiger partial charge in [-0.1, -0.05) is 13.3 Å². The van der Waals surface area contributed by atoms with E-state index in [1.807, 2.05) is 13.0 Å². The number of esters is 1. The number of ether oxygens (including phenoxy) is 5. The van der Waals surface area contributed by atoms with Gasteiger partial charge in [0.1, 0.15) is 5.69 Å². The van der Waals surface area contributed by atoms with Crippen LogP contribution in [0.4, 0.5) is 0 Å². The number of hydrogen-bond donors (Lipinski definition) is 0. The van der Waals surface area contributed by atoms with E-state index in [1.54, 1.807) is 25.3 Å². The minimum Gasteiger partial charge on any atom is -0.493 e. The predicted molar refractivity (Wildman–Crippen MR) is 134 cm³/mol. The first kappa shape index (κ1) is 25.4. The zero-order chi connectivity index (χ0) is 25.0. The largest absolute Gasteiger partial charge is 0.493 e. The summed E-state index contributed by atoms with van der Waals surface area (Å²) in [6, 6.07) is 6.91. The van der Waals surface area contributed by atoms with E-state index >= 15 is 0 Å². The maximum Gasteiger partial charge on any atom is 0.355 e. The van der Waals surface area contributed by atoms with E-state index in [0.29, 0.717) is 62.3 Å². The summed E-state index contributed by atoms with van der Waals surface area (Å²) in [5.41, 5.74) is 0.987. The molecular formula is C25H28BrNO7. The highest BCUT2D eigenvalue weighted by Crippen LogP contribution is 2.43. The summed E-state index contributed by atoms with van der Waals surface area (Å²) in [5, 5.41) is 0.914. The number of carbonyl (C=O) groups excluding carboxylic acids is 1. The van der Waals surface area contributed by atoms with Crippen molar-refractivity contribution < 1.29 is 28.5 Å². The lowest BCUT2D eigenvalue weighted by Crippen LogP contribution is -2.28. The molecule has 3 aromatic rings. The SMILES string of the molecule is CCCCn1c(C(=O)OC)c(-c2cc(Br)c(OC)c(OC)c2)c2cc(OC)c(OC)cc2c1=O. The van der Waals surface area contributed by atoms with Crippen molar-refractivity contribution in [3.05, 3.63) is 44.8 Å². The second-order valence-electron chi connectivity index (χ2n) is 7.47. The Morgan fingerprint density at radius 3 is 2.03 bits per heavy atom. The molecule has 0 N–H and O–H groups in total. The van der Waals surface area contributed by atoms with Gasteiger partial charge in [0.05, 0.1) is 45.4 Å². The molecule has 0 radical (unpaired) electrons. The third-order valence-electron chi connectivity index (χ3n) is 5.61. The number of hydrogen-bond acceptors (Lipinski definition) is 7. The normalized spacial score (nSPS) is 10.8. The zero-order valence-corrected chi connectivity index (χ0v) is 21.7. The van der Waals surface area contributed by atoms with Crippen LogP contribution in [0.5, 0.6) is 23.0 Å². The topological polar surface area (TPSA) is 85.2 Å². The minimum absolute atomic E-state index is 0.153. The molecule has 1 aromatic heterocycles. The molecular weight excluding hydrogens is 506 g/mol. The second-order valence-corrected chi connectivity index (χ2v) is 8.33. The molecule has 0 bridgehead atoms. The highest BCUT2D eigenvalue weighted by atomic mass is 79.9. The van der Waals surface area contributed by atoms with Gasteiger partial charge in [-0.15, -0.1) is 0 Å². The number of carbonyl (C=O) groups is 1. The van der Waals surface area contributed by atoms with Crippen LogP contribution in [0, 0.1) is 0 Å². The van der Waals surface area contributed by atoms with Gasteiger partial charge in [0.15, 0.2) is 23.0 Å². The Morgan fingerprint density at radius 1 is 0.882 bits per heavy atom. The molecule has 1 heterocycles. The number of aromatic nitrogens is 1. The summed E-state index contributed by atoms with van der Waals surface area (Å²) in [6.45, 7) is 2.37. The third kappa shape index (κ3) is 4.44. The number of unbranched alkanes of at least 4 members (excludes halogenated alkanes) is 1. The van der Waals surface area contributed by atoms with Gasteiger partial charge >= 0.3 is 5.97 Å². The number of nitrogens with zero attached hydrogens (tertiary/aromatic N) is 1. The van der Waals surface area contributed by atoms with Crippen molar-refractivity contribution in [2.75, 3.05) is 35.5 Å². The van der Waals surface area contributed by atoms with Crippen molar-refractivity contribution in [2.45, 2.75) is 26.3 Å². The van der Waals surface area contributed by atoms with Crippen LogP contribution in [0.1, 0.15) is 30.3 Å². The third-order valence-corrected chi connectivity index (χ3v) is 6.20. The van der Waals surface area contributed by atoms with Crippen LogP contribution in [-0.4, -0.2) is 46.1 Å². The van der Waals surface area contributed by atoms with Crippen LogP contribution >= 0.6 is 15.9 Å². The number of pyridine rings is 1. The lowest BCUT2D eigenvalue weighted by atomic mass is 9.95. The van der Waals surface area contributed by atoms with E-state index < -0.39 is 5.97 Å². The second kappa shape index (κ2) is 10.8. The Hall–Kier alpha value is -3.20. The fourth-order valence-corrected chi connectivity index (χ4v) is 4.57. The molecule has 182 valence electrons. The van der Waals surface area contributed by atoms with Gasteiger partial charge in [-0.2, -0.15) is 0 Å². The molecule has 8 nitrogen and oxygen atoms in total. The smallest absolute Gasteiger partial charge is 0.355 e. The van der Waals surface area contributed by atoms with Gasteiger partial charge in [-0.3, -0.25) is 4.79 Å². The summed E-state index contributed by atoms with van der Waals surface area (Å²) in [6.07, 6.45) is 1.55. The van der Waals surface area contributed by atoms with Crippen LogP contribution in [-0.2, 0) is 11.3 Å². The lowest BCUT2D eigenvalue weighted by Gasteiger charge is -2.21. The molecule has 0 fully saturated rings. The Kier molecular flexibility index (Phi) is 8.09. The number of fused-ring (bicyclic) bond motifs is 1. The van der Waals surface area contributed by atoms with Gasteiger partial charge in [-0.25, -0.2) is 4.79 Å². The molecule has 3 rings (SSSR count). The number of rotatable bonds is 9. The van der Waals surface area contributed by atoms with Crippen molar-refractivity contribution in [2.24, 2.45) is 0 Å². The summed E-state index contributed by atoms with van der Waals surface area (Å²) in [4.78, 5) is 26.7. The molecule has 9 heteroatoms. The van der Waals surface area contributed by atoms with E-state index in [1.165, 1.54) is 33.0 Å². The van der Waals surface area contributed by atoms with E-state index in [-0.39, 0.29) is 11.3 Å². The van der Waals surface area contributed by atoms with Crippen molar-refractivity contribution in [1.29, 1.82) is 0 Å². The van der Waals surface area contributed by atoms with Crippen LogP contribution in [0.25, 0.3) is 21.9 Å². The Morgan fingerprint density at radius 2 is 1.50 bits per heavy atom. The van der Waals surface area contributed by atoms with Crippen molar-refractivity contribution in [1.82, 2.24) is 4.57 Å². The average molecular weight is 534 g/mol. The highest BCUT2D eigenvalue weighted by molar-refractivity contribution is 9.10. The molecule has 0 amide bonds. The maximum absolute atomic E-state index is 13.6. The van der Waals surface area contributed by atoms with E-state index in [4.69, 9.17) is 23.7 Å². The fourth-order valence-electron chi connectivity index (χ4n) is 3.97. The monoisotopic (exact) mass is 533 g/mol. The van der Waals surface area contributed by atoms with Gasteiger partial charge in [0, 0.05) is 17.5 Å². The first-order valence-electron chi connectivity index (χ1n) is 10.7. The number of halogens is 1. The van der Waals surface area contributed by atoms with E-state index in [9.17, 15) is 9.59 Å². The standard InChI is InChI=1S/C25H28BrNO7/c1-7-8-9-27-22(25(29)34-6)21(14-10-17(26)23(33-5)20(11-14)32-4)15-12-18(30-2)19(31-3)13-16(15)24(27)28/h10-13H,7-9H2,1-6H3. The van der Waals surface area contributed by atoms with Gasteiger partial charge < -0.3 is 28.3 Å². The van der Waals surface area contributed by atoms with Crippen molar-refractivity contribution in [3.8, 4) is 34.1 Å². The molecule has 0 atom stereocenters. The van der Waals surface area contributed by atoms with Gasteiger partial charge in [0.25, 0.3) is 5.56 Å². The fraction of sp³-hybridized carbons (Fsp3) is 0.360. The molecule has 0 spiro atoms. The van der Waals surface area contributed by atoms with Crippen LogP contribution in [0.3, 0.4) is 0 Å².